The van der Waals surface area contributed by atoms with E-state index in [-0.39, 0.29) is 0 Å². The van der Waals surface area contributed by atoms with Crippen molar-refractivity contribution in [3.63, 3.8) is 0 Å². The highest BCUT2D eigenvalue weighted by atomic mass is 15.1. The Morgan fingerprint density at radius 1 is 0.680 bits per heavy atom. The van der Waals surface area contributed by atoms with Crippen molar-refractivity contribution >= 4 is 5.69 Å². The third-order valence-corrected chi connectivity index (χ3v) is 5.50. The average Bonchev–Trinajstić information content (AvgIpc) is 2.66. The normalized spacial score (nSPS) is 12.3. The van der Waals surface area contributed by atoms with E-state index in [1.807, 2.05) is 0 Å². The van der Waals surface area contributed by atoms with Crippen molar-refractivity contribution in [3.05, 3.63) is 30.3 Å². The van der Waals surface area contributed by atoms with E-state index in [2.05, 4.69) is 56.0 Å². The van der Waals surface area contributed by atoms with Crippen molar-refractivity contribution in [2.24, 2.45) is 5.92 Å². The fraction of sp³-hybridized carbons (Fsp3) is 0.750. The largest absolute Gasteiger partial charge is 0.372 e. The minimum atomic E-state index is 0.903. The first kappa shape index (κ1) is 22.1. The molecule has 0 heterocycles. The van der Waals surface area contributed by atoms with Gasteiger partial charge in [-0.25, -0.2) is 0 Å². The van der Waals surface area contributed by atoms with E-state index in [1.165, 1.54) is 95.8 Å². The number of para-hydroxylation sites is 1. The van der Waals surface area contributed by atoms with Crippen LogP contribution in [0, 0.1) is 5.92 Å². The van der Waals surface area contributed by atoms with Gasteiger partial charge >= 0.3 is 0 Å². The first-order chi connectivity index (χ1) is 12.3. The number of unbranched alkanes of at least 4 members (excludes halogenated alkanes) is 7. The summed E-state index contributed by atoms with van der Waals surface area (Å²) >= 11 is 0. The number of benzene rings is 1. The van der Waals surface area contributed by atoms with Gasteiger partial charge in [0.05, 0.1) is 0 Å². The molecule has 0 aliphatic carbocycles. The van der Waals surface area contributed by atoms with Gasteiger partial charge < -0.3 is 4.90 Å². The van der Waals surface area contributed by atoms with Crippen LogP contribution in [-0.4, -0.2) is 13.1 Å². The Bertz CT molecular complexity index is 386. The highest BCUT2D eigenvalue weighted by Gasteiger charge is 2.11. The molecule has 0 bridgehead atoms. The molecule has 1 atom stereocenters. The van der Waals surface area contributed by atoms with Crippen molar-refractivity contribution in [3.8, 4) is 0 Å². The fourth-order valence-corrected chi connectivity index (χ4v) is 3.65. The fourth-order valence-electron chi connectivity index (χ4n) is 3.65. The van der Waals surface area contributed by atoms with Gasteiger partial charge in [-0.1, -0.05) is 103 Å². The van der Waals surface area contributed by atoms with Crippen LogP contribution in [0.15, 0.2) is 30.3 Å². The van der Waals surface area contributed by atoms with Gasteiger partial charge in [0.25, 0.3) is 0 Å². The molecular weight excluding hydrogens is 302 g/mol. The third kappa shape index (κ3) is 10.6. The topological polar surface area (TPSA) is 3.24 Å². The van der Waals surface area contributed by atoms with E-state index < -0.39 is 0 Å². The summed E-state index contributed by atoms with van der Waals surface area (Å²) in [6, 6.07) is 11.1. The lowest BCUT2D eigenvalue weighted by atomic mass is 9.95. The molecule has 0 fully saturated rings. The summed E-state index contributed by atoms with van der Waals surface area (Å²) in [6.07, 6.45) is 16.6. The molecule has 0 aromatic heterocycles. The SMILES string of the molecule is CCCCCCCCCN(CCC(CC)CCCC)c1ccccc1. The molecule has 0 aliphatic heterocycles. The molecule has 1 heteroatoms. The molecule has 1 rings (SSSR count). The summed E-state index contributed by atoms with van der Waals surface area (Å²) in [6.45, 7) is 9.42. The second kappa shape index (κ2) is 15.3. The summed E-state index contributed by atoms with van der Waals surface area (Å²) in [5.74, 6) is 0.903. The monoisotopic (exact) mass is 345 g/mol. The molecule has 0 spiro atoms. The predicted octanol–water partition coefficient (Wildman–Crippen LogP) is 7.85. The van der Waals surface area contributed by atoms with Crippen LogP contribution in [0.2, 0.25) is 0 Å². The van der Waals surface area contributed by atoms with Crippen molar-refractivity contribution in [2.45, 2.75) is 97.8 Å². The molecule has 0 radical (unpaired) electrons. The Kier molecular flexibility index (Phi) is 13.5. The Balaban J connectivity index is 2.39. The second-order valence-electron chi connectivity index (χ2n) is 7.65. The number of rotatable bonds is 16. The van der Waals surface area contributed by atoms with Crippen LogP contribution < -0.4 is 4.90 Å². The zero-order valence-corrected chi connectivity index (χ0v) is 17.3. The van der Waals surface area contributed by atoms with E-state index in [1.54, 1.807) is 0 Å². The summed E-state index contributed by atoms with van der Waals surface area (Å²) < 4.78 is 0. The van der Waals surface area contributed by atoms with Crippen LogP contribution in [0.1, 0.15) is 97.8 Å². The van der Waals surface area contributed by atoms with E-state index in [4.69, 9.17) is 0 Å². The van der Waals surface area contributed by atoms with Crippen molar-refractivity contribution in [2.75, 3.05) is 18.0 Å². The lowest BCUT2D eigenvalue weighted by molar-refractivity contribution is 0.420. The van der Waals surface area contributed by atoms with Gasteiger partial charge in [0.2, 0.25) is 0 Å². The van der Waals surface area contributed by atoms with E-state index in [0.29, 0.717) is 0 Å². The van der Waals surface area contributed by atoms with Gasteiger partial charge in [-0.2, -0.15) is 0 Å². The van der Waals surface area contributed by atoms with Crippen LogP contribution in [0.5, 0.6) is 0 Å². The molecule has 0 saturated carbocycles. The number of hydrogen-bond acceptors (Lipinski definition) is 1. The molecule has 0 saturated heterocycles. The maximum absolute atomic E-state index is 2.64. The van der Waals surface area contributed by atoms with Crippen LogP contribution >= 0.6 is 0 Å². The number of nitrogens with zero attached hydrogens (tertiary/aromatic N) is 1. The predicted molar refractivity (Wildman–Crippen MR) is 115 cm³/mol. The second-order valence-corrected chi connectivity index (χ2v) is 7.65. The molecule has 0 N–H and O–H groups in total. The Morgan fingerprint density at radius 3 is 1.96 bits per heavy atom. The minimum Gasteiger partial charge on any atom is -0.372 e. The van der Waals surface area contributed by atoms with Gasteiger partial charge in [-0.05, 0) is 30.9 Å². The number of anilines is 1. The maximum atomic E-state index is 2.64. The first-order valence-electron chi connectivity index (χ1n) is 11.1. The standard InChI is InChI=1S/C24H43N/c1-4-7-9-10-11-12-16-21-25(24-18-14-13-15-19-24)22-20-23(6-3)17-8-5-2/h13-15,18-19,23H,4-12,16-17,20-22H2,1-3H3. The molecule has 1 unspecified atom stereocenters. The van der Waals surface area contributed by atoms with Gasteiger partial charge in [0.1, 0.15) is 0 Å². The van der Waals surface area contributed by atoms with Crippen molar-refractivity contribution in [1.82, 2.24) is 0 Å². The smallest absolute Gasteiger partial charge is 0.0366 e. The quantitative estimate of drug-likeness (QED) is 0.276. The summed E-state index contributed by atoms with van der Waals surface area (Å²) in [4.78, 5) is 2.64. The van der Waals surface area contributed by atoms with E-state index >= 15 is 0 Å². The van der Waals surface area contributed by atoms with Gasteiger partial charge in [-0.15, -0.1) is 0 Å². The molecule has 1 aromatic rings. The Morgan fingerprint density at radius 2 is 1.32 bits per heavy atom. The highest BCUT2D eigenvalue weighted by Crippen LogP contribution is 2.21. The summed E-state index contributed by atoms with van der Waals surface area (Å²) in [7, 11) is 0. The molecule has 1 nitrogen and oxygen atoms in total. The summed E-state index contributed by atoms with van der Waals surface area (Å²) in [5, 5.41) is 0. The van der Waals surface area contributed by atoms with Crippen LogP contribution in [0.3, 0.4) is 0 Å². The molecule has 25 heavy (non-hydrogen) atoms. The van der Waals surface area contributed by atoms with Crippen LogP contribution in [-0.2, 0) is 0 Å². The number of hydrogen-bond donors (Lipinski definition) is 0. The Hall–Kier alpha value is -0.980. The molecule has 0 amide bonds. The van der Waals surface area contributed by atoms with Crippen LogP contribution in [0.25, 0.3) is 0 Å². The third-order valence-electron chi connectivity index (χ3n) is 5.50. The zero-order valence-electron chi connectivity index (χ0n) is 17.3. The average molecular weight is 346 g/mol. The lowest BCUT2D eigenvalue weighted by Crippen LogP contribution is -2.27. The lowest BCUT2D eigenvalue weighted by Gasteiger charge is -2.27. The van der Waals surface area contributed by atoms with Crippen molar-refractivity contribution in [1.29, 1.82) is 0 Å². The Labute approximate surface area is 158 Å². The molecule has 1 aromatic carbocycles. The van der Waals surface area contributed by atoms with Crippen LogP contribution in [0.4, 0.5) is 5.69 Å². The maximum Gasteiger partial charge on any atom is 0.0366 e. The van der Waals surface area contributed by atoms with Crippen molar-refractivity contribution < 1.29 is 0 Å². The molecular formula is C24H43N. The molecule has 144 valence electrons. The van der Waals surface area contributed by atoms with E-state index in [0.717, 1.165) is 5.92 Å². The first-order valence-corrected chi connectivity index (χ1v) is 11.1. The van der Waals surface area contributed by atoms with Gasteiger partial charge in [0.15, 0.2) is 0 Å². The van der Waals surface area contributed by atoms with E-state index in [9.17, 15) is 0 Å². The van der Waals surface area contributed by atoms with Gasteiger partial charge in [-0.3, -0.25) is 0 Å². The molecule has 0 aliphatic rings. The zero-order chi connectivity index (χ0) is 18.2. The highest BCUT2D eigenvalue weighted by molar-refractivity contribution is 5.45. The minimum absolute atomic E-state index is 0.903. The summed E-state index contributed by atoms with van der Waals surface area (Å²) in [5.41, 5.74) is 1.42. The van der Waals surface area contributed by atoms with Gasteiger partial charge in [0, 0.05) is 18.8 Å².